The van der Waals surface area contributed by atoms with E-state index in [4.69, 9.17) is 10.6 Å². The molecule has 1 aromatic rings. The van der Waals surface area contributed by atoms with Crippen LogP contribution in [0.4, 0.5) is 0 Å². The first-order valence-corrected chi connectivity index (χ1v) is 6.50. The van der Waals surface area contributed by atoms with E-state index in [-0.39, 0.29) is 18.6 Å². The zero-order chi connectivity index (χ0) is 13.0. The molecule has 2 rings (SSSR count). The van der Waals surface area contributed by atoms with Gasteiger partial charge in [-0.05, 0) is 0 Å². The first-order chi connectivity index (χ1) is 8.74. The highest BCUT2D eigenvalue weighted by Crippen LogP contribution is 2.15. The van der Waals surface area contributed by atoms with Gasteiger partial charge in [0, 0.05) is 18.5 Å². The first-order valence-electron chi connectivity index (χ1n) is 5.62. The molecular formula is C10H16N4O3S. The van der Waals surface area contributed by atoms with Crippen LogP contribution in [0.15, 0.2) is 5.38 Å². The molecule has 1 aliphatic rings. The number of carbonyl (C=O) groups is 1. The molecule has 1 atom stereocenters. The second-order valence-corrected chi connectivity index (χ2v) is 4.86. The SMILES string of the molecule is NNC(=O)c1nc(CN2CCOCC2CO)cs1. The summed E-state index contributed by atoms with van der Waals surface area (Å²) >= 11 is 1.26. The number of amides is 1. The topological polar surface area (TPSA) is 101 Å². The van der Waals surface area contributed by atoms with E-state index in [1.165, 1.54) is 11.3 Å². The third-order valence-electron chi connectivity index (χ3n) is 2.80. The molecule has 1 aromatic heterocycles. The molecule has 0 aromatic carbocycles. The average molecular weight is 272 g/mol. The lowest BCUT2D eigenvalue weighted by molar-refractivity contribution is -0.0316. The van der Waals surface area contributed by atoms with Gasteiger partial charge in [-0.15, -0.1) is 11.3 Å². The summed E-state index contributed by atoms with van der Waals surface area (Å²) in [5, 5.41) is 11.4. The van der Waals surface area contributed by atoms with Crippen LogP contribution >= 0.6 is 11.3 Å². The predicted octanol–water partition coefficient (Wildman–Crippen LogP) is -1.06. The molecule has 100 valence electrons. The molecule has 18 heavy (non-hydrogen) atoms. The Morgan fingerprint density at radius 2 is 2.61 bits per heavy atom. The number of aliphatic hydroxyl groups excluding tert-OH is 1. The summed E-state index contributed by atoms with van der Waals surface area (Å²) in [5.41, 5.74) is 2.86. The summed E-state index contributed by atoms with van der Waals surface area (Å²) in [5.74, 6) is 4.67. The van der Waals surface area contributed by atoms with Gasteiger partial charge in [-0.1, -0.05) is 0 Å². The van der Waals surface area contributed by atoms with E-state index in [0.717, 1.165) is 12.2 Å². The summed E-state index contributed by atoms with van der Waals surface area (Å²) in [7, 11) is 0. The minimum atomic E-state index is -0.382. The van der Waals surface area contributed by atoms with Crippen LogP contribution in [0.2, 0.25) is 0 Å². The van der Waals surface area contributed by atoms with Crippen LogP contribution in [0.25, 0.3) is 0 Å². The molecule has 0 bridgehead atoms. The molecule has 1 aliphatic heterocycles. The van der Waals surface area contributed by atoms with Crippen LogP contribution in [0.5, 0.6) is 0 Å². The summed E-state index contributed by atoms with van der Waals surface area (Å²) in [6.07, 6.45) is 0. The summed E-state index contributed by atoms with van der Waals surface area (Å²) in [6.45, 7) is 2.58. The number of nitrogens with zero attached hydrogens (tertiary/aromatic N) is 2. The van der Waals surface area contributed by atoms with Crippen molar-refractivity contribution in [2.75, 3.05) is 26.4 Å². The van der Waals surface area contributed by atoms with E-state index in [2.05, 4.69) is 15.3 Å². The van der Waals surface area contributed by atoms with Crippen LogP contribution in [0, 0.1) is 0 Å². The molecule has 7 nitrogen and oxygen atoms in total. The van der Waals surface area contributed by atoms with Gasteiger partial charge in [0.25, 0.3) is 5.91 Å². The highest BCUT2D eigenvalue weighted by atomic mass is 32.1. The second kappa shape index (κ2) is 6.21. The Hall–Kier alpha value is -1.06. The number of hydrogen-bond acceptors (Lipinski definition) is 7. The number of aromatic nitrogens is 1. The van der Waals surface area contributed by atoms with Gasteiger partial charge in [0.2, 0.25) is 0 Å². The number of hydrogen-bond donors (Lipinski definition) is 3. The molecule has 0 radical (unpaired) electrons. The quantitative estimate of drug-likeness (QED) is 0.367. The molecule has 4 N–H and O–H groups in total. The van der Waals surface area contributed by atoms with Gasteiger partial charge in [-0.2, -0.15) is 0 Å². The lowest BCUT2D eigenvalue weighted by Crippen LogP contribution is -2.46. The monoisotopic (exact) mass is 272 g/mol. The zero-order valence-corrected chi connectivity index (χ0v) is 10.7. The van der Waals surface area contributed by atoms with Crippen molar-refractivity contribution in [2.45, 2.75) is 12.6 Å². The third-order valence-corrected chi connectivity index (χ3v) is 3.69. The van der Waals surface area contributed by atoms with Gasteiger partial charge in [-0.3, -0.25) is 15.1 Å². The van der Waals surface area contributed by atoms with Crippen LogP contribution in [-0.4, -0.2) is 53.3 Å². The smallest absolute Gasteiger partial charge is 0.294 e. The number of carbonyl (C=O) groups excluding carboxylic acids is 1. The number of ether oxygens (including phenoxy) is 1. The molecule has 1 saturated heterocycles. The Morgan fingerprint density at radius 3 is 3.33 bits per heavy atom. The maximum Gasteiger partial charge on any atom is 0.294 e. The molecule has 1 fully saturated rings. The van der Waals surface area contributed by atoms with Crippen molar-refractivity contribution in [1.29, 1.82) is 0 Å². The van der Waals surface area contributed by atoms with E-state index in [1.54, 1.807) is 0 Å². The molecule has 0 aliphatic carbocycles. The lowest BCUT2D eigenvalue weighted by Gasteiger charge is -2.33. The van der Waals surface area contributed by atoms with E-state index in [0.29, 0.717) is 24.8 Å². The Bertz CT molecular complexity index is 412. The van der Waals surface area contributed by atoms with Crippen LogP contribution in [0.3, 0.4) is 0 Å². The fourth-order valence-electron chi connectivity index (χ4n) is 1.82. The summed E-state index contributed by atoms with van der Waals surface area (Å²) in [4.78, 5) is 17.6. The fourth-order valence-corrected chi connectivity index (χ4v) is 2.53. The predicted molar refractivity (Wildman–Crippen MR) is 65.9 cm³/mol. The van der Waals surface area contributed by atoms with Crippen molar-refractivity contribution in [3.8, 4) is 0 Å². The minimum Gasteiger partial charge on any atom is -0.395 e. The second-order valence-electron chi connectivity index (χ2n) is 4.00. The Labute approximate surface area is 109 Å². The number of thiazole rings is 1. The van der Waals surface area contributed by atoms with Crippen molar-refractivity contribution in [3.05, 3.63) is 16.1 Å². The number of nitrogen functional groups attached to an aromatic ring is 1. The minimum absolute atomic E-state index is 0.00719. The number of morpholine rings is 1. The van der Waals surface area contributed by atoms with E-state index in [1.807, 2.05) is 5.38 Å². The van der Waals surface area contributed by atoms with Crippen molar-refractivity contribution in [3.63, 3.8) is 0 Å². The highest BCUT2D eigenvalue weighted by molar-refractivity contribution is 7.11. The molecule has 8 heteroatoms. The lowest BCUT2D eigenvalue weighted by atomic mass is 10.2. The van der Waals surface area contributed by atoms with Crippen LogP contribution in [0.1, 0.15) is 15.5 Å². The maximum atomic E-state index is 11.3. The van der Waals surface area contributed by atoms with Crippen molar-refractivity contribution < 1.29 is 14.6 Å². The average Bonchev–Trinajstić information content (AvgIpc) is 2.87. The number of nitrogens with two attached hydrogens (primary N) is 1. The maximum absolute atomic E-state index is 11.3. The van der Waals surface area contributed by atoms with Crippen molar-refractivity contribution >= 4 is 17.2 Å². The first kappa shape index (κ1) is 13.4. The molecule has 1 amide bonds. The summed E-state index contributed by atoms with van der Waals surface area (Å²) < 4.78 is 5.30. The van der Waals surface area contributed by atoms with Gasteiger partial charge in [0.05, 0.1) is 31.6 Å². The van der Waals surface area contributed by atoms with Gasteiger partial charge in [0.1, 0.15) is 0 Å². The van der Waals surface area contributed by atoms with E-state index in [9.17, 15) is 9.90 Å². The standard InChI is InChI=1S/C10H16N4O3S/c11-13-9(16)10-12-7(6-18-10)3-14-1-2-17-5-8(14)4-15/h6,8,15H,1-5,11H2,(H,13,16). The number of rotatable bonds is 4. The molecule has 1 unspecified atom stereocenters. The zero-order valence-electron chi connectivity index (χ0n) is 9.83. The Morgan fingerprint density at radius 1 is 1.78 bits per heavy atom. The number of hydrazine groups is 1. The molecule has 0 spiro atoms. The Balaban J connectivity index is 1.99. The number of aliphatic hydroxyl groups is 1. The fraction of sp³-hybridized carbons (Fsp3) is 0.600. The van der Waals surface area contributed by atoms with E-state index < -0.39 is 0 Å². The molecule has 2 heterocycles. The van der Waals surface area contributed by atoms with Gasteiger partial charge < -0.3 is 9.84 Å². The third kappa shape index (κ3) is 3.03. The van der Waals surface area contributed by atoms with E-state index >= 15 is 0 Å². The normalized spacial score (nSPS) is 20.9. The van der Waals surface area contributed by atoms with Crippen molar-refractivity contribution in [2.24, 2.45) is 5.84 Å². The van der Waals surface area contributed by atoms with Crippen LogP contribution < -0.4 is 11.3 Å². The van der Waals surface area contributed by atoms with Gasteiger partial charge in [-0.25, -0.2) is 10.8 Å². The van der Waals surface area contributed by atoms with Crippen LogP contribution in [-0.2, 0) is 11.3 Å². The van der Waals surface area contributed by atoms with Gasteiger partial charge in [0.15, 0.2) is 5.01 Å². The molecular weight excluding hydrogens is 256 g/mol. The molecule has 0 saturated carbocycles. The number of nitrogens with one attached hydrogen (secondary N) is 1. The Kier molecular flexibility index (Phi) is 4.61. The largest absolute Gasteiger partial charge is 0.395 e. The van der Waals surface area contributed by atoms with Gasteiger partial charge >= 0.3 is 0 Å². The summed E-state index contributed by atoms with van der Waals surface area (Å²) in [6, 6.07) is -0.00719. The van der Waals surface area contributed by atoms with Crippen molar-refractivity contribution in [1.82, 2.24) is 15.3 Å². The highest BCUT2D eigenvalue weighted by Gasteiger charge is 2.23.